The van der Waals surface area contributed by atoms with Crippen molar-refractivity contribution in [3.8, 4) is 5.75 Å². The Balaban J connectivity index is 1.84. The van der Waals surface area contributed by atoms with Crippen molar-refractivity contribution in [2.75, 3.05) is 11.9 Å². The van der Waals surface area contributed by atoms with Gasteiger partial charge in [0.05, 0.1) is 0 Å². The van der Waals surface area contributed by atoms with Crippen LogP contribution in [0.2, 0.25) is 0 Å². The number of carbonyl (C=O) groups is 3. The number of hydrogen-bond acceptors (Lipinski definition) is 5. The smallest absolute Gasteiger partial charge is 0.344 e. The molecule has 26 heavy (non-hydrogen) atoms. The molecule has 6 nitrogen and oxygen atoms in total. The molecule has 0 heterocycles. The van der Waals surface area contributed by atoms with Crippen LogP contribution in [0.3, 0.4) is 0 Å². The standard InChI is InChI=1S/C19H18FNO5/c1-12(22)14-5-3-8-17(9-14)25-11-18(23)26-13(2)19(24)21-16-7-4-6-15(20)10-16/h3-10,13H,11H2,1-2H3,(H,21,24)/t13-/m0/s1. The highest BCUT2D eigenvalue weighted by atomic mass is 19.1. The third kappa shape index (κ3) is 5.70. The van der Waals surface area contributed by atoms with Crippen molar-refractivity contribution in [3.05, 3.63) is 59.9 Å². The van der Waals surface area contributed by atoms with E-state index in [2.05, 4.69) is 5.32 Å². The van der Waals surface area contributed by atoms with Gasteiger partial charge >= 0.3 is 5.97 Å². The van der Waals surface area contributed by atoms with E-state index in [0.717, 1.165) is 6.07 Å². The lowest BCUT2D eigenvalue weighted by Crippen LogP contribution is -2.31. The number of rotatable bonds is 7. The zero-order chi connectivity index (χ0) is 19.1. The van der Waals surface area contributed by atoms with E-state index in [1.54, 1.807) is 18.2 Å². The van der Waals surface area contributed by atoms with Crippen molar-refractivity contribution < 1.29 is 28.2 Å². The van der Waals surface area contributed by atoms with E-state index in [9.17, 15) is 18.8 Å². The Morgan fingerprint density at radius 1 is 1.12 bits per heavy atom. The Morgan fingerprint density at radius 2 is 1.85 bits per heavy atom. The van der Waals surface area contributed by atoms with Crippen LogP contribution in [0.5, 0.6) is 5.75 Å². The Bertz CT molecular complexity index is 821. The second-order valence-corrected chi connectivity index (χ2v) is 5.50. The molecular formula is C19H18FNO5. The molecule has 0 aliphatic carbocycles. The third-order valence-corrected chi connectivity index (χ3v) is 3.37. The molecule has 136 valence electrons. The monoisotopic (exact) mass is 359 g/mol. The van der Waals surface area contributed by atoms with Crippen LogP contribution in [0.1, 0.15) is 24.2 Å². The first-order valence-corrected chi connectivity index (χ1v) is 7.85. The Labute approximate surface area is 149 Å². The van der Waals surface area contributed by atoms with E-state index in [1.165, 1.54) is 38.1 Å². The highest BCUT2D eigenvalue weighted by Crippen LogP contribution is 2.14. The molecule has 0 spiro atoms. The molecule has 0 unspecified atom stereocenters. The van der Waals surface area contributed by atoms with Crippen LogP contribution in [0.25, 0.3) is 0 Å². The third-order valence-electron chi connectivity index (χ3n) is 3.37. The molecule has 0 saturated carbocycles. The van der Waals surface area contributed by atoms with E-state index in [0.29, 0.717) is 11.3 Å². The highest BCUT2D eigenvalue weighted by molar-refractivity contribution is 5.95. The summed E-state index contributed by atoms with van der Waals surface area (Å²) in [6, 6.07) is 11.7. The molecule has 7 heteroatoms. The first kappa shape index (κ1) is 19.1. The van der Waals surface area contributed by atoms with Crippen LogP contribution in [0, 0.1) is 5.82 Å². The van der Waals surface area contributed by atoms with Gasteiger partial charge in [-0.2, -0.15) is 0 Å². The van der Waals surface area contributed by atoms with Crippen LogP contribution >= 0.6 is 0 Å². The van der Waals surface area contributed by atoms with E-state index in [1.807, 2.05) is 0 Å². The number of anilines is 1. The Morgan fingerprint density at radius 3 is 2.54 bits per heavy atom. The van der Waals surface area contributed by atoms with Crippen LogP contribution in [0.4, 0.5) is 10.1 Å². The molecule has 1 atom stereocenters. The average Bonchev–Trinajstić information content (AvgIpc) is 2.60. The van der Waals surface area contributed by atoms with Crippen molar-refractivity contribution in [3.63, 3.8) is 0 Å². The minimum absolute atomic E-state index is 0.124. The van der Waals surface area contributed by atoms with Crippen molar-refractivity contribution >= 4 is 23.3 Å². The molecule has 2 aromatic rings. The fourth-order valence-corrected chi connectivity index (χ4v) is 2.04. The van der Waals surface area contributed by atoms with Gasteiger partial charge in [-0.05, 0) is 44.2 Å². The molecule has 0 aliphatic heterocycles. The Kier molecular flexibility index (Phi) is 6.43. The summed E-state index contributed by atoms with van der Waals surface area (Å²) in [5.74, 6) is -1.62. The van der Waals surface area contributed by atoms with Gasteiger partial charge in [0, 0.05) is 11.3 Å². The molecule has 0 saturated heterocycles. The van der Waals surface area contributed by atoms with Gasteiger partial charge in [0.25, 0.3) is 5.91 Å². The first-order valence-electron chi connectivity index (χ1n) is 7.85. The van der Waals surface area contributed by atoms with Gasteiger partial charge in [-0.3, -0.25) is 9.59 Å². The topological polar surface area (TPSA) is 81.7 Å². The van der Waals surface area contributed by atoms with Gasteiger partial charge in [-0.25, -0.2) is 9.18 Å². The van der Waals surface area contributed by atoms with Crippen LogP contribution in [-0.4, -0.2) is 30.4 Å². The minimum Gasteiger partial charge on any atom is -0.482 e. The summed E-state index contributed by atoms with van der Waals surface area (Å²) in [6.07, 6.45) is -1.09. The van der Waals surface area contributed by atoms with E-state index in [-0.39, 0.29) is 11.5 Å². The summed E-state index contributed by atoms with van der Waals surface area (Å²) in [5, 5.41) is 2.45. The van der Waals surface area contributed by atoms with Gasteiger partial charge in [-0.15, -0.1) is 0 Å². The summed E-state index contributed by atoms with van der Waals surface area (Å²) in [6.45, 7) is 2.40. The SMILES string of the molecule is CC(=O)c1cccc(OCC(=O)O[C@@H](C)C(=O)Nc2cccc(F)c2)c1. The summed E-state index contributed by atoms with van der Waals surface area (Å²) in [7, 11) is 0. The number of benzene rings is 2. The fraction of sp³-hybridized carbons (Fsp3) is 0.211. The normalized spacial score (nSPS) is 11.3. The summed E-state index contributed by atoms with van der Waals surface area (Å²) < 4.78 is 23.3. The molecule has 0 bridgehead atoms. The van der Waals surface area contributed by atoms with Crippen molar-refractivity contribution in [2.45, 2.75) is 20.0 Å². The van der Waals surface area contributed by atoms with Gasteiger partial charge in [0.15, 0.2) is 18.5 Å². The predicted octanol–water partition coefficient (Wildman–Crippen LogP) is 2.98. The zero-order valence-electron chi connectivity index (χ0n) is 14.3. The maximum atomic E-state index is 13.1. The van der Waals surface area contributed by atoms with Crippen molar-refractivity contribution in [1.82, 2.24) is 0 Å². The lowest BCUT2D eigenvalue weighted by Gasteiger charge is -2.14. The molecule has 1 amide bonds. The lowest BCUT2D eigenvalue weighted by atomic mass is 10.1. The number of ketones is 1. The number of nitrogens with one attached hydrogen (secondary N) is 1. The van der Waals surface area contributed by atoms with E-state index < -0.39 is 30.4 Å². The van der Waals surface area contributed by atoms with Gasteiger partial charge in [0.2, 0.25) is 0 Å². The Hall–Kier alpha value is -3.22. The molecule has 2 aromatic carbocycles. The second-order valence-electron chi connectivity index (χ2n) is 5.50. The van der Waals surface area contributed by atoms with Gasteiger partial charge < -0.3 is 14.8 Å². The molecule has 0 radical (unpaired) electrons. The number of Topliss-reactive ketones (excluding diaryl/α,β-unsaturated/α-hetero) is 1. The number of ether oxygens (including phenoxy) is 2. The van der Waals surface area contributed by atoms with Crippen LogP contribution in [0.15, 0.2) is 48.5 Å². The largest absolute Gasteiger partial charge is 0.482 e. The van der Waals surface area contributed by atoms with Crippen molar-refractivity contribution in [1.29, 1.82) is 0 Å². The minimum atomic E-state index is -1.09. The number of hydrogen-bond donors (Lipinski definition) is 1. The number of esters is 1. The number of carbonyl (C=O) groups excluding carboxylic acids is 3. The molecule has 0 aliphatic rings. The maximum absolute atomic E-state index is 13.1. The van der Waals surface area contributed by atoms with E-state index in [4.69, 9.17) is 9.47 Å². The van der Waals surface area contributed by atoms with Gasteiger partial charge in [-0.1, -0.05) is 18.2 Å². The number of amides is 1. The van der Waals surface area contributed by atoms with Crippen molar-refractivity contribution in [2.24, 2.45) is 0 Å². The second kappa shape index (κ2) is 8.75. The van der Waals surface area contributed by atoms with Gasteiger partial charge in [0.1, 0.15) is 11.6 Å². The molecule has 2 rings (SSSR count). The van der Waals surface area contributed by atoms with Crippen LogP contribution in [-0.2, 0) is 14.3 Å². The molecular weight excluding hydrogens is 341 g/mol. The summed E-state index contributed by atoms with van der Waals surface area (Å²) >= 11 is 0. The summed E-state index contributed by atoms with van der Waals surface area (Å²) in [5.41, 5.74) is 0.717. The highest BCUT2D eigenvalue weighted by Gasteiger charge is 2.18. The first-order chi connectivity index (χ1) is 12.3. The number of halogens is 1. The average molecular weight is 359 g/mol. The zero-order valence-corrected chi connectivity index (χ0v) is 14.3. The molecule has 1 N–H and O–H groups in total. The summed E-state index contributed by atoms with van der Waals surface area (Å²) in [4.78, 5) is 35.1. The maximum Gasteiger partial charge on any atom is 0.344 e. The predicted molar refractivity (Wildman–Crippen MR) is 92.5 cm³/mol. The van der Waals surface area contributed by atoms with Crippen LogP contribution < -0.4 is 10.1 Å². The lowest BCUT2D eigenvalue weighted by molar-refractivity contribution is -0.155. The van der Waals surface area contributed by atoms with E-state index >= 15 is 0 Å². The quantitative estimate of drug-likeness (QED) is 0.607. The molecule has 0 aromatic heterocycles. The molecule has 0 fully saturated rings. The fourth-order valence-electron chi connectivity index (χ4n) is 2.04.